The van der Waals surface area contributed by atoms with E-state index >= 15 is 0 Å². The standard InChI is InChI=1S/C13H14N2OS/c1-13(2,9-16)15-12-14-11(8-17-12)10-6-4-3-5-7-10/h3-9H,1-2H3,(H,14,15). The molecule has 0 bridgehead atoms. The number of thiazole rings is 1. The van der Waals surface area contributed by atoms with Crippen molar-refractivity contribution in [3.8, 4) is 11.3 Å². The van der Waals surface area contributed by atoms with Gasteiger partial charge in [-0.05, 0) is 13.8 Å². The largest absolute Gasteiger partial charge is 0.350 e. The molecule has 0 aliphatic rings. The summed E-state index contributed by atoms with van der Waals surface area (Å²) in [5.74, 6) is 0. The highest BCUT2D eigenvalue weighted by Crippen LogP contribution is 2.26. The number of carbonyl (C=O) groups is 1. The fraction of sp³-hybridized carbons (Fsp3) is 0.231. The van der Waals surface area contributed by atoms with E-state index in [0.29, 0.717) is 0 Å². The van der Waals surface area contributed by atoms with Crippen LogP contribution in [0, 0.1) is 0 Å². The number of aromatic nitrogens is 1. The third-order valence-electron chi connectivity index (χ3n) is 2.30. The second-order valence-electron chi connectivity index (χ2n) is 4.37. The lowest BCUT2D eigenvalue weighted by Crippen LogP contribution is -2.32. The summed E-state index contributed by atoms with van der Waals surface area (Å²) in [6, 6.07) is 9.98. The topological polar surface area (TPSA) is 42.0 Å². The molecule has 3 nitrogen and oxygen atoms in total. The van der Waals surface area contributed by atoms with Crippen LogP contribution in [0.4, 0.5) is 5.13 Å². The molecule has 88 valence electrons. The first kappa shape index (κ1) is 11.8. The van der Waals surface area contributed by atoms with Gasteiger partial charge in [-0.2, -0.15) is 0 Å². The molecule has 0 saturated carbocycles. The third kappa shape index (κ3) is 2.91. The summed E-state index contributed by atoms with van der Waals surface area (Å²) in [4.78, 5) is 15.3. The second-order valence-corrected chi connectivity index (χ2v) is 5.23. The summed E-state index contributed by atoms with van der Waals surface area (Å²) < 4.78 is 0. The van der Waals surface area contributed by atoms with Gasteiger partial charge >= 0.3 is 0 Å². The van der Waals surface area contributed by atoms with Gasteiger partial charge < -0.3 is 10.1 Å². The Morgan fingerprint density at radius 1 is 1.29 bits per heavy atom. The molecule has 4 heteroatoms. The van der Waals surface area contributed by atoms with Crippen molar-refractivity contribution in [1.82, 2.24) is 4.98 Å². The molecule has 2 aromatic rings. The average Bonchev–Trinajstić information content (AvgIpc) is 2.78. The van der Waals surface area contributed by atoms with Gasteiger partial charge in [0.25, 0.3) is 0 Å². The number of carbonyl (C=O) groups excluding carboxylic acids is 1. The molecule has 0 unspecified atom stereocenters. The lowest BCUT2D eigenvalue weighted by Gasteiger charge is -2.17. The van der Waals surface area contributed by atoms with Crippen LogP contribution in [-0.4, -0.2) is 16.8 Å². The fourth-order valence-electron chi connectivity index (χ4n) is 1.38. The zero-order valence-electron chi connectivity index (χ0n) is 9.81. The van der Waals surface area contributed by atoms with Crippen molar-refractivity contribution >= 4 is 22.8 Å². The number of aldehydes is 1. The van der Waals surface area contributed by atoms with Gasteiger partial charge in [0.2, 0.25) is 0 Å². The Bertz CT molecular complexity index is 505. The Morgan fingerprint density at radius 2 is 2.00 bits per heavy atom. The Labute approximate surface area is 105 Å². The molecule has 1 aromatic carbocycles. The van der Waals surface area contributed by atoms with Crippen molar-refractivity contribution < 1.29 is 4.79 Å². The average molecular weight is 246 g/mol. The van der Waals surface area contributed by atoms with Crippen LogP contribution in [0.3, 0.4) is 0 Å². The van der Waals surface area contributed by atoms with E-state index in [2.05, 4.69) is 10.3 Å². The third-order valence-corrected chi connectivity index (χ3v) is 3.06. The highest BCUT2D eigenvalue weighted by atomic mass is 32.1. The smallest absolute Gasteiger partial charge is 0.183 e. The van der Waals surface area contributed by atoms with Crippen molar-refractivity contribution in [2.45, 2.75) is 19.4 Å². The molecular formula is C13H14N2OS. The molecule has 1 heterocycles. The molecule has 0 radical (unpaired) electrons. The second kappa shape index (κ2) is 4.67. The monoisotopic (exact) mass is 246 g/mol. The van der Waals surface area contributed by atoms with Crippen LogP contribution < -0.4 is 5.32 Å². The molecule has 0 aliphatic heterocycles. The van der Waals surface area contributed by atoms with Crippen LogP contribution in [0.25, 0.3) is 11.3 Å². The summed E-state index contributed by atoms with van der Waals surface area (Å²) in [6.07, 6.45) is 0.886. The molecular weight excluding hydrogens is 232 g/mol. The number of nitrogens with zero attached hydrogens (tertiary/aromatic N) is 1. The fourth-order valence-corrected chi connectivity index (χ4v) is 2.26. The molecule has 1 aromatic heterocycles. The van der Waals surface area contributed by atoms with Crippen molar-refractivity contribution in [2.24, 2.45) is 0 Å². The van der Waals surface area contributed by atoms with E-state index in [0.717, 1.165) is 22.7 Å². The van der Waals surface area contributed by atoms with Crippen molar-refractivity contribution in [3.63, 3.8) is 0 Å². The predicted molar refractivity (Wildman–Crippen MR) is 71.3 cm³/mol. The van der Waals surface area contributed by atoms with Crippen molar-refractivity contribution in [1.29, 1.82) is 0 Å². The van der Waals surface area contributed by atoms with Gasteiger partial charge in [-0.25, -0.2) is 4.98 Å². The van der Waals surface area contributed by atoms with Crippen LogP contribution in [0.5, 0.6) is 0 Å². The first-order chi connectivity index (χ1) is 8.11. The van der Waals surface area contributed by atoms with Gasteiger partial charge in [-0.1, -0.05) is 30.3 Å². The number of rotatable bonds is 4. The van der Waals surface area contributed by atoms with Gasteiger partial charge in [0, 0.05) is 10.9 Å². The summed E-state index contributed by atoms with van der Waals surface area (Å²) in [5.41, 5.74) is 1.44. The van der Waals surface area contributed by atoms with Crippen LogP contribution in [0.2, 0.25) is 0 Å². The van der Waals surface area contributed by atoms with E-state index in [4.69, 9.17) is 0 Å². The van der Waals surface area contributed by atoms with Crippen molar-refractivity contribution in [2.75, 3.05) is 5.32 Å². The molecule has 0 atom stereocenters. The lowest BCUT2D eigenvalue weighted by molar-refractivity contribution is -0.110. The van der Waals surface area contributed by atoms with E-state index in [1.807, 2.05) is 49.6 Å². The first-order valence-corrected chi connectivity index (χ1v) is 6.24. The number of benzene rings is 1. The maximum Gasteiger partial charge on any atom is 0.183 e. The van der Waals surface area contributed by atoms with Gasteiger partial charge in [0.05, 0.1) is 11.2 Å². The first-order valence-electron chi connectivity index (χ1n) is 5.36. The number of hydrogen-bond acceptors (Lipinski definition) is 4. The summed E-state index contributed by atoms with van der Waals surface area (Å²) in [6.45, 7) is 3.65. The zero-order chi connectivity index (χ0) is 12.3. The SMILES string of the molecule is CC(C)(C=O)Nc1nc(-c2ccccc2)cs1. The highest BCUT2D eigenvalue weighted by molar-refractivity contribution is 7.14. The summed E-state index contributed by atoms with van der Waals surface area (Å²) in [7, 11) is 0. The Hall–Kier alpha value is -1.68. The molecule has 0 aliphatic carbocycles. The van der Waals surface area contributed by atoms with Crippen LogP contribution >= 0.6 is 11.3 Å². The molecule has 0 spiro atoms. The minimum absolute atomic E-state index is 0.578. The van der Waals surface area contributed by atoms with Crippen LogP contribution in [0.15, 0.2) is 35.7 Å². The number of anilines is 1. The normalized spacial score (nSPS) is 11.2. The number of hydrogen-bond donors (Lipinski definition) is 1. The molecule has 0 amide bonds. The Balaban J connectivity index is 2.20. The van der Waals surface area contributed by atoms with Crippen LogP contribution in [0.1, 0.15) is 13.8 Å². The lowest BCUT2D eigenvalue weighted by atomic mass is 10.1. The Kier molecular flexibility index (Phi) is 3.24. The predicted octanol–water partition coefficient (Wildman–Crippen LogP) is 3.20. The molecule has 1 N–H and O–H groups in total. The van der Waals surface area contributed by atoms with E-state index in [9.17, 15) is 4.79 Å². The van der Waals surface area contributed by atoms with E-state index in [1.165, 1.54) is 11.3 Å². The minimum Gasteiger partial charge on any atom is -0.350 e. The Morgan fingerprint density at radius 3 is 2.65 bits per heavy atom. The van der Waals surface area contributed by atoms with E-state index in [-0.39, 0.29) is 0 Å². The van der Waals surface area contributed by atoms with E-state index in [1.54, 1.807) is 0 Å². The minimum atomic E-state index is -0.578. The number of nitrogens with one attached hydrogen (secondary N) is 1. The quantitative estimate of drug-likeness (QED) is 0.842. The van der Waals surface area contributed by atoms with Gasteiger partial charge in [0.15, 0.2) is 5.13 Å². The highest BCUT2D eigenvalue weighted by Gasteiger charge is 2.17. The molecule has 0 saturated heterocycles. The summed E-state index contributed by atoms with van der Waals surface area (Å²) in [5, 5.41) is 5.85. The molecule has 17 heavy (non-hydrogen) atoms. The van der Waals surface area contributed by atoms with E-state index < -0.39 is 5.54 Å². The molecule has 0 fully saturated rings. The zero-order valence-corrected chi connectivity index (χ0v) is 10.6. The van der Waals surface area contributed by atoms with Crippen molar-refractivity contribution in [3.05, 3.63) is 35.7 Å². The van der Waals surface area contributed by atoms with Crippen LogP contribution in [-0.2, 0) is 4.79 Å². The van der Waals surface area contributed by atoms with Gasteiger partial charge in [-0.3, -0.25) is 0 Å². The van der Waals surface area contributed by atoms with Gasteiger partial charge in [0.1, 0.15) is 6.29 Å². The summed E-state index contributed by atoms with van der Waals surface area (Å²) >= 11 is 1.51. The molecule has 2 rings (SSSR count). The van der Waals surface area contributed by atoms with Gasteiger partial charge in [-0.15, -0.1) is 11.3 Å². The maximum absolute atomic E-state index is 10.8. The maximum atomic E-state index is 10.8.